The molecular formula is C19H29N3O3. The van der Waals surface area contributed by atoms with E-state index in [1.54, 1.807) is 7.11 Å². The molecule has 2 amide bonds. The highest BCUT2D eigenvalue weighted by molar-refractivity contribution is 5.88. The second kappa shape index (κ2) is 8.97. The first kappa shape index (κ1) is 19.4. The molecule has 6 heteroatoms. The van der Waals surface area contributed by atoms with Gasteiger partial charge in [-0.1, -0.05) is 30.3 Å². The predicted molar refractivity (Wildman–Crippen MR) is 97.2 cm³/mol. The van der Waals surface area contributed by atoms with Crippen molar-refractivity contribution in [2.75, 3.05) is 33.3 Å². The maximum atomic E-state index is 12.3. The molecule has 0 aromatic heterocycles. The van der Waals surface area contributed by atoms with Gasteiger partial charge in [0, 0.05) is 33.3 Å². The summed E-state index contributed by atoms with van der Waals surface area (Å²) in [5.74, 6) is -0.197. The number of carbonyl (C=O) groups is 2. The molecule has 1 heterocycles. The second-order valence-electron chi connectivity index (χ2n) is 7.02. The van der Waals surface area contributed by atoms with Crippen molar-refractivity contribution >= 4 is 11.8 Å². The zero-order valence-electron chi connectivity index (χ0n) is 15.4. The van der Waals surface area contributed by atoms with Gasteiger partial charge in [0.2, 0.25) is 11.8 Å². The summed E-state index contributed by atoms with van der Waals surface area (Å²) in [5.41, 5.74) is 0.816. The van der Waals surface area contributed by atoms with Crippen LogP contribution in [-0.2, 0) is 20.7 Å². The number of methoxy groups -OCH3 is 1. The topological polar surface area (TPSA) is 70.7 Å². The molecular weight excluding hydrogens is 318 g/mol. The van der Waals surface area contributed by atoms with Crippen molar-refractivity contribution in [2.45, 2.75) is 38.3 Å². The molecule has 1 aromatic carbocycles. The Labute approximate surface area is 149 Å². The molecule has 2 N–H and O–H groups in total. The lowest BCUT2D eigenvalue weighted by Crippen LogP contribution is -2.57. The minimum absolute atomic E-state index is 0.0690. The van der Waals surface area contributed by atoms with E-state index in [1.165, 1.54) is 5.56 Å². The molecule has 1 aliphatic heterocycles. The molecule has 0 radical (unpaired) electrons. The molecule has 1 atom stereocenters. The standard InChI is InChI=1S/C19H29N3O3/c1-19(2,25-3)14-21-17(23)13-16-18(24)20-10-12-22(16)11-9-15-7-5-4-6-8-15/h4-8,16H,9-14H2,1-3H3,(H,20,24)(H,21,23)/t16-/m1/s1. The van der Waals surface area contributed by atoms with Crippen LogP contribution in [0, 0.1) is 0 Å². The van der Waals surface area contributed by atoms with Crippen LogP contribution in [0.3, 0.4) is 0 Å². The van der Waals surface area contributed by atoms with E-state index in [9.17, 15) is 9.59 Å². The molecule has 1 aliphatic rings. The summed E-state index contributed by atoms with van der Waals surface area (Å²) in [7, 11) is 1.62. The minimum Gasteiger partial charge on any atom is -0.377 e. The van der Waals surface area contributed by atoms with Crippen molar-refractivity contribution in [1.82, 2.24) is 15.5 Å². The normalized spacial score (nSPS) is 18.7. The lowest BCUT2D eigenvalue weighted by molar-refractivity contribution is -0.134. The molecule has 0 aliphatic carbocycles. The highest BCUT2D eigenvalue weighted by Crippen LogP contribution is 2.12. The number of piperazine rings is 1. The van der Waals surface area contributed by atoms with E-state index in [0.717, 1.165) is 19.5 Å². The second-order valence-corrected chi connectivity index (χ2v) is 7.02. The summed E-state index contributed by atoms with van der Waals surface area (Å²) in [5, 5.41) is 5.73. The smallest absolute Gasteiger partial charge is 0.237 e. The van der Waals surface area contributed by atoms with Gasteiger partial charge in [0.1, 0.15) is 0 Å². The SMILES string of the molecule is COC(C)(C)CNC(=O)C[C@@H]1C(=O)NCCN1CCc1ccccc1. The van der Waals surface area contributed by atoms with E-state index in [1.807, 2.05) is 32.0 Å². The van der Waals surface area contributed by atoms with Gasteiger partial charge in [0.15, 0.2) is 0 Å². The van der Waals surface area contributed by atoms with Crippen LogP contribution < -0.4 is 10.6 Å². The van der Waals surface area contributed by atoms with Crippen LogP contribution in [0.15, 0.2) is 30.3 Å². The van der Waals surface area contributed by atoms with Gasteiger partial charge in [-0.3, -0.25) is 14.5 Å². The fourth-order valence-electron chi connectivity index (χ4n) is 2.80. The average molecular weight is 347 g/mol. The number of hydrogen-bond acceptors (Lipinski definition) is 4. The summed E-state index contributed by atoms with van der Waals surface area (Å²) in [6.45, 7) is 6.39. The molecule has 0 spiro atoms. The Morgan fingerprint density at radius 2 is 2.08 bits per heavy atom. The van der Waals surface area contributed by atoms with Gasteiger partial charge < -0.3 is 15.4 Å². The number of nitrogens with one attached hydrogen (secondary N) is 2. The van der Waals surface area contributed by atoms with Gasteiger partial charge >= 0.3 is 0 Å². The first-order valence-electron chi connectivity index (χ1n) is 8.79. The summed E-state index contributed by atoms with van der Waals surface area (Å²) >= 11 is 0. The maximum Gasteiger partial charge on any atom is 0.237 e. The summed E-state index contributed by atoms with van der Waals surface area (Å²) < 4.78 is 5.30. The van der Waals surface area contributed by atoms with Crippen molar-refractivity contribution < 1.29 is 14.3 Å². The maximum absolute atomic E-state index is 12.3. The van der Waals surface area contributed by atoms with Gasteiger partial charge in [-0.25, -0.2) is 0 Å². The van der Waals surface area contributed by atoms with E-state index in [4.69, 9.17) is 4.74 Å². The van der Waals surface area contributed by atoms with Gasteiger partial charge in [0.05, 0.1) is 18.1 Å². The molecule has 1 aromatic rings. The largest absolute Gasteiger partial charge is 0.377 e. The van der Waals surface area contributed by atoms with Crippen LogP contribution >= 0.6 is 0 Å². The Morgan fingerprint density at radius 1 is 1.36 bits per heavy atom. The van der Waals surface area contributed by atoms with Crippen molar-refractivity contribution in [3.8, 4) is 0 Å². The first-order chi connectivity index (χ1) is 11.9. The summed E-state index contributed by atoms with van der Waals surface area (Å²) in [6, 6.07) is 9.77. The van der Waals surface area contributed by atoms with Crippen molar-refractivity contribution in [1.29, 1.82) is 0 Å². The zero-order chi connectivity index (χ0) is 18.3. The highest BCUT2D eigenvalue weighted by Gasteiger charge is 2.31. The molecule has 0 bridgehead atoms. The van der Waals surface area contributed by atoms with E-state index < -0.39 is 11.6 Å². The van der Waals surface area contributed by atoms with Gasteiger partial charge in [-0.15, -0.1) is 0 Å². The molecule has 25 heavy (non-hydrogen) atoms. The van der Waals surface area contributed by atoms with E-state index >= 15 is 0 Å². The Hall–Kier alpha value is -1.92. The third kappa shape index (κ3) is 6.14. The van der Waals surface area contributed by atoms with Gasteiger partial charge in [0.25, 0.3) is 0 Å². The van der Waals surface area contributed by atoms with Crippen molar-refractivity contribution in [2.24, 2.45) is 0 Å². The Balaban J connectivity index is 1.90. The van der Waals surface area contributed by atoms with Crippen molar-refractivity contribution in [3.05, 3.63) is 35.9 Å². The van der Waals surface area contributed by atoms with Crippen LogP contribution in [0.2, 0.25) is 0 Å². The quantitative estimate of drug-likeness (QED) is 0.735. The van der Waals surface area contributed by atoms with Crippen LogP contribution in [0.4, 0.5) is 0 Å². The van der Waals surface area contributed by atoms with E-state index in [0.29, 0.717) is 13.1 Å². The minimum atomic E-state index is -0.419. The number of carbonyl (C=O) groups excluding carboxylic acids is 2. The lowest BCUT2D eigenvalue weighted by atomic mass is 10.1. The van der Waals surface area contributed by atoms with Gasteiger partial charge in [-0.2, -0.15) is 0 Å². The molecule has 0 unspecified atom stereocenters. The number of nitrogens with zero attached hydrogens (tertiary/aromatic N) is 1. The number of ether oxygens (including phenoxy) is 1. The monoisotopic (exact) mass is 347 g/mol. The molecule has 1 fully saturated rings. The molecule has 1 saturated heterocycles. The van der Waals surface area contributed by atoms with Crippen LogP contribution in [0.25, 0.3) is 0 Å². The number of rotatable bonds is 8. The van der Waals surface area contributed by atoms with Crippen LogP contribution in [0.1, 0.15) is 25.8 Å². The molecule has 0 saturated carbocycles. The van der Waals surface area contributed by atoms with Gasteiger partial charge in [-0.05, 0) is 25.8 Å². The number of amides is 2. The van der Waals surface area contributed by atoms with Crippen molar-refractivity contribution in [3.63, 3.8) is 0 Å². The van der Waals surface area contributed by atoms with E-state index in [2.05, 4.69) is 27.7 Å². The molecule has 138 valence electrons. The number of hydrogen-bond donors (Lipinski definition) is 2. The van der Waals surface area contributed by atoms with Crippen LogP contribution in [-0.4, -0.2) is 61.6 Å². The highest BCUT2D eigenvalue weighted by atomic mass is 16.5. The van der Waals surface area contributed by atoms with Crippen LogP contribution in [0.5, 0.6) is 0 Å². The Kier molecular flexibility index (Phi) is 6.96. The first-order valence-corrected chi connectivity index (χ1v) is 8.79. The zero-order valence-corrected chi connectivity index (χ0v) is 15.4. The fraction of sp³-hybridized carbons (Fsp3) is 0.579. The average Bonchev–Trinajstić information content (AvgIpc) is 2.61. The lowest BCUT2D eigenvalue weighted by Gasteiger charge is -2.35. The Morgan fingerprint density at radius 3 is 2.76 bits per heavy atom. The molecule has 2 rings (SSSR count). The third-order valence-electron chi connectivity index (χ3n) is 4.61. The predicted octanol–water partition coefficient (Wildman–Crippen LogP) is 0.961. The number of benzene rings is 1. The third-order valence-corrected chi connectivity index (χ3v) is 4.61. The fourth-order valence-corrected chi connectivity index (χ4v) is 2.80. The van der Waals surface area contributed by atoms with E-state index in [-0.39, 0.29) is 18.2 Å². The Bertz CT molecular complexity index is 575. The summed E-state index contributed by atoms with van der Waals surface area (Å²) in [6.07, 6.45) is 1.03. The molecule has 6 nitrogen and oxygen atoms in total. The summed E-state index contributed by atoms with van der Waals surface area (Å²) in [4.78, 5) is 26.6.